The maximum Gasteiger partial charge on any atom is 0.269 e. The Morgan fingerprint density at radius 3 is 2.44 bits per heavy atom. The second kappa shape index (κ2) is 8.05. The van der Waals surface area contributed by atoms with Gasteiger partial charge in [0.2, 0.25) is 0 Å². The van der Waals surface area contributed by atoms with Crippen molar-refractivity contribution in [2.45, 2.75) is 19.8 Å². The zero-order chi connectivity index (χ0) is 19.4. The Balaban J connectivity index is 1.84. The predicted octanol–water partition coefficient (Wildman–Crippen LogP) is 5.06. The molecule has 0 fully saturated rings. The molecular formula is C19H16FN3O3S. The SMILES string of the molecule is CCCc1sc(NC(=O)c2ccc([N+](=O)[O-])cc2)nc1-c1ccc(F)cc1. The Kier molecular flexibility index (Phi) is 5.56. The first-order valence-corrected chi connectivity index (χ1v) is 9.11. The molecule has 1 amide bonds. The van der Waals surface area contributed by atoms with E-state index in [1.807, 2.05) is 6.92 Å². The molecule has 0 aliphatic rings. The van der Waals surface area contributed by atoms with Crippen LogP contribution in [0.25, 0.3) is 11.3 Å². The Morgan fingerprint density at radius 1 is 1.19 bits per heavy atom. The van der Waals surface area contributed by atoms with Crippen molar-refractivity contribution in [1.82, 2.24) is 4.98 Å². The first kappa shape index (κ1) is 18.7. The number of nitro groups is 1. The fraction of sp³-hybridized carbons (Fsp3) is 0.158. The van der Waals surface area contributed by atoms with Crippen LogP contribution in [-0.4, -0.2) is 15.8 Å². The van der Waals surface area contributed by atoms with Crippen LogP contribution in [0.2, 0.25) is 0 Å². The van der Waals surface area contributed by atoms with Crippen molar-refractivity contribution in [2.75, 3.05) is 5.32 Å². The third-order valence-electron chi connectivity index (χ3n) is 3.85. The third kappa shape index (κ3) is 4.35. The van der Waals surface area contributed by atoms with Crippen molar-refractivity contribution in [1.29, 1.82) is 0 Å². The predicted molar refractivity (Wildman–Crippen MR) is 103 cm³/mol. The van der Waals surface area contributed by atoms with E-state index >= 15 is 0 Å². The van der Waals surface area contributed by atoms with Gasteiger partial charge in [-0.2, -0.15) is 0 Å². The molecule has 0 radical (unpaired) electrons. The smallest absolute Gasteiger partial charge is 0.269 e. The van der Waals surface area contributed by atoms with Crippen molar-refractivity contribution >= 4 is 28.1 Å². The second-order valence-electron chi connectivity index (χ2n) is 5.81. The number of anilines is 1. The molecule has 3 aromatic rings. The maximum atomic E-state index is 13.2. The average molecular weight is 385 g/mol. The number of aromatic nitrogens is 1. The normalized spacial score (nSPS) is 10.6. The molecule has 0 atom stereocenters. The summed E-state index contributed by atoms with van der Waals surface area (Å²) in [7, 11) is 0. The lowest BCUT2D eigenvalue weighted by molar-refractivity contribution is -0.384. The summed E-state index contributed by atoms with van der Waals surface area (Å²) in [5, 5.41) is 13.9. The molecule has 0 bridgehead atoms. The summed E-state index contributed by atoms with van der Waals surface area (Å²) in [6.45, 7) is 2.04. The molecule has 1 aromatic heterocycles. The van der Waals surface area contributed by atoms with E-state index in [1.54, 1.807) is 12.1 Å². The molecule has 2 aromatic carbocycles. The van der Waals surface area contributed by atoms with Gasteiger partial charge >= 0.3 is 0 Å². The number of halogens is 1. The molecule has 0 saturated carbocycles. The number of rotatable bonds is 6. The molecular weight excluding hydrogens is 369 g/mol. The summed E-state index contributed by atoms with van der Waals surface area (Å²) < 4.78 is 13.2. The van der Waals surface area contributed by atoms with Crippen LogP contribution in [0.4, 0.5) is 15.2 Å². The van der Waals surface area contributed by atoms with Crippen molar-refractivity contribution < 1.29 is 14.1 Å². The molecule has 27 heavy (non-hydrogen) atoms. The third-order valence-corrected chi connectivity index (χ3v) is 4.88. The standard InChI is InChI=1S/C19H16FN3O3S/c1-2-3-16-17(12-4-8-14(20)9-5-12)21-19(27-16)22-18(24)13-6-10-15(11-7-13)23(25)26/h4-11H,2-3H2,1H3,(H,21,22,24). The van der Waals surface area contributed by atoms with Crippen LogP contribution in [0, 0.1) is 15.9 Å². The fourth-order valence-electron chi connectivity index (χ4n) is 2.54. The van der Waals surface area contributed by atoms with Gasteiger partial charge in [0.05, 0.1) is 10.6 Å². The number of hydrogen-bond acceptors (Lipinski definition) is 5. The highest BCUT2D eigenvalue weighted by molar-refractivity contribution is 7.16. The maximum absolute atomic E-state index is 13.2. The van der Waals surface area contributed by atoms with Gasteiger partial charge in [-0.3, -0.25) is 20.2 Å². The van der Waals surface area contributed by atoms with E-state index in [1.165, 1.54) is 47.7 Å². The lowest BCUT2D eigenvalue weighted by Gasteiger charge is -2.01. The van der Waals surface area contributed by atoms with Gasteiger partial charge in [0.15, 0.2) is 5.13 Å². The molecule has 0 spiro atoms. The van der Waals surface area contributed by atoms with Crippen molar-refractivity contribution in [3.63, 3.8) is 0 Å². The number of aryl methyl sites for hydroxylation is 1. The average Bonchev–Trinajstić information content (AvgIpc) is 3.05. The van der Waals surface area contributed by atoms with Crippen LogP contribution >= 0.6 is 11.3 Å². The van der Waals surface area contributed by atoms with Gasteiger partial charge < -0.3 is 0 Å². The summed E-state index contributed by atoms with van der Waals surface area (Å²) >= 11 is 1.37. The Hall–Kier alpha value is -3.13. The zero-order valence-electron chi connectivity index (χ0n) is 14.4. The molecule has 8 heteroatoms. The summed E-state index contributed by atoms with van der Waals surface area (Å²) in [6.07, 6.45) is 1.70. The summed E-state index contributed by atoms with van der Waals surface area (Å²) in [5.74, 6) is -0.718. The van der Waals surface area contributed by atoms with E-state index in [0.29, 0.717) is 10.7 Å². The number of thiazole rings is 1. The van der Waals surface area contributed by atoms with Crippen LogP contribution in [0.5, 0.6) is 0 Å². The highest BCUT2D eigenvalue weighted by atomic mass is 32.1. The summed E-state index contributed by atoms with van der Waals surface area (Å²) in [6, 6.07) is 11.4. The topological polar surface area (TPSA) is 85.1 Å². The Morgan fingerprint density at radius 2 is 1.85 bits per heavy atom. The molecule has 0 aliphatic carbocycles. The number of nitrogens with zero attached hydrogens (tertiary/aromatic N) is 2. The Labute approximate surface area is 158 Å². The first-order chi connectivity index (χ1) is 13.0. The molecule has 0 aliphatic heterocycles. The number of non-ortho nitro benzene ring substituents is 1. The minimum Gasteiger partial charge on any atom is -0.298 e. The summed E-state index contributed by atoms with van der Waals surface area (Å²) in [5.41, 5.74) is 1.73. The number of amides is 1. The van der Waals surface area contributed by atoms with Crippen LogP contribution < -0.4 is 5.32 Å². The highest BCUT2D eigenvalue weighted by Crippen LogP contribution is 2.32. The molecule has 3 rings (SSSR count). The highest BCUT2D eigenvalue weighted by Gasteiger charge is 2.16. The molecule has 0 saturated heterocycles. The van der Waals surface area contributed by atoms with Gasteiger partial charge in [0.1, 0.15) is 5.82 Å². The van der Waals surface area contributed by atoms with E-state index in [4.69, 9.17) is 0 Å². The monoisotopic (exact) mass is 385 g/mol. The molecule has 0 unspecified atom stereocenters. The van der Waals surface area contributed by atoms with Gasteiger partial charge in [0, 0.05) is 28.1 Å². The molecule has 1 heterocycles. The van der Waals surface area contributed by atoms with Crippen LogP contribution in [0.3, 0.4) is 0 Å². The number of benzene rings is 2. The van der Waals surface area contributed by atoms with E-state index < -0.39 is 10.8 Å². The largest absolute Gasteiger partial charge is 0.298 e. The second-order valence-corrected chi connectivity index (χ2v) is 6.89. The number of carbonyl (C=O) groups excluding carboxylic acids is 1. The Bertz CT molecular complexity index is 969. The quantitative estimate of drug-likeness (QED) is 0.475. The van der Waals surface area contributed by atoms with Gasteiger partial charge in [0.25, 0.3) is 11.6 Å². The van der Waals surface area contributed by atoms with Gasteiger partial charge in [-0.15, -0.1) is 11.3 Å². The van der Waals surface area contributed by atoms with E-state index in [9.17, 15) is 19.3 Å². The van der Waals surface area contributed by atoms with Crippen molar-refractivity contribution in [3.05, 3.63) is 74.9 Å². The van der Waals surface area contributed by atoms with Gasteiger partial charge in [-0.05, 0) is 42.8 Å². The van der Waals surface area contributed by atoms with E-state index in [0.717, 1.165) is 29.0 Å². The number of carbonyl (C=O) groups is 1. The van der Waals surface area contributed by atoms with Gasteiger partial charge in [-0.1, -0.05) is 13.3 Å². The lowest BCUT2D eigenvalue weighted by Crippen LogP contribution is -2.11. The van der Waals surface area contributed by atoms with Crippen LogP contribution in [0.15, 0.2) is 48.5 Å². The minimum atomic E-state index is -0.519. The number of nitro benzene ring substituents is 1. The van der Waals surface area contributed by atoms with Crippen molar-refractivity contribution in [3.8, 4) is 11.3 Å². The van der Waals surface area contributed by atoms with E-state index in [2.05, 4.69) is 10.3 Å². The minimum absolute atomic E-state index is 0.0790. The van der Waals surface area contributed by atoms with Crippen LogP contribution in [0.1, 0.15) is 28.6 Å². The summed E-state index contributed by atoms with van der Waals surface area (Å²) in [4.78, 5) is 28.1. The lowest BCUT2D eigenvalue weighted by atomic mass is 10.1. The number of nitrogens with one attached hydrogen (secondary N) is 1. The van der Waals surface area contributed by atoms with Crippen molar-refractivity contribution in [2.24, 2.45) is 0 Å². The van der Waals surface area contributed by atoms with Gasteiger partial charge in [-0.25, -0.2) is 9.37 Å². The van der Waals surface area contributed by atoms with Crippen LogP contribution in [-0.2, 0) is 6.42 Å². The molecule has 1 N–H and O–H groups in total. The molecule has 138 valence electrons. The first-order valence-electron chi connectivity index (χ1n) is 8.29. The zero-order valence-corrected chi connectivity index (χ0v) is 15.3. The fourth-order valence-corrected chi connectivity index (χ4v) is 3.62. The van der Waals surface area contributed by atoms with E-state index in [-0.39, 0.29) is 11.5 Å². The molecule has 6 nitrogen and oxygen atoms in total. The number of hydrogen-bond donors (Lipinski definition) is 1.